The molecule has 0 radical (unpaired) electrons. The molecule has 78 valence electrons. The first-order valence-electron chi connectivity index (χ1n) is 4.12. The van der Waals surface area contributed by atoms with Crippen molar-refractivity contribution in [3.8, 4) is 0 Å². The van der Waals surface area contributed by atoms with Gasteiger partial charge in [0.25, 0.3) is 0 Å². The highest BCUT2D eigenvalue weighted by Crippen LogP contribution is 2.13. The summed E-state index contributed by atoms with van der Waals surface area (Å²) < 4.78 is 9.05. The molecule has 0 rings (SSSR count). The van der Waals surface area contributed by atoms with Crippen LogP contribution in [-0.4, -0.2) is 26.2 Å². The molecule has 0 aromatic rings. The van der Waals surface area contributed by atoms with E-state index in [4.69, 9.17) is 0 Å². The smallest absolute Gasteiger partial charge is 0.338 e. The lowest BCUT2D eigenvalue weighted by Gasteiger charge is -2.06. The third-order valence-electron chi connectivity index (χ3n) is 1.68. The highest BCUT2D eigenvalue weighted by Gasteiger charge is 2.19. The van der Waals surface area contributed by atoms with Gasteiger partial charge in [0.05, 0.1) is 25.4 Å². The first kappa shape index (κ1) is 12.4. The standard InChI is InChI=1S/C10H14O4/c1-5-7(9(11)13-3)8(6-2)10(12)14-4/h5-6H,1-4H3/b7-5-,8-6+. The van der Waals surface area contributed by atoms with Gasteiger partial charge in [-0.2, -0.15) is 0 Å². The minimum absolute atomic E-state index is 0.210. The molecule has 0 heterocycles. The topological polar surface area (TPSA) is 52.6 Å². The van der Waals surface area contributed by atoms with Gasteiger partial charge in [-0.25, -0.2) is 9.59 Å². The van der Waals surface area contributed by atoms with Gasteiger partial charge in [-0.3, -0.25) is 0 Å². The summed E-state index contributed by atoms with van der Waals surface area (Å²) in [6.07, 6.45) is 3.02. The van der Waals surface area contributed by atoms with E-state index in [9.17, 15) is 9.59 Å². The van der Waals surface area contributed by atoms with Crippen molar-refractivity contribution in [1.82, 2.24) is 0 Å². The van der Waals surface area contributed by atoms with Gasteiger partial charge in [0.1, 0.15) is 0 Å². The third-order valence-corrected chi connectivity index (χ3v) is 1.68. The second-order valence-electron chi connectivity index (χ2n) is 2.39. The Morgan fingerprint density at radius 2 is 1.14 bits per heavy atom. The molecule has 0 aromatic carbocycles. The minimum atomic E-state index is -0.550. The predicted octanol–water partition coefficient (Wildman–Crippen LogP) is 1.22. The molecule has 0 aliphatic carbocycles. The molecule has 4 heteroatoms. The Balaban J connectivity index is 5.03. The van der Waals surface area contributed by atoms with Gasteiger partial charge in [0.2, 0.25) is 0 Å². The van der Waals surface area contributed by atoms with Crippen molar-refractivity contribution in [2.45, 2.75) is 13.8 Å². The summed E-state index contributed by atoms with van der Waals surface area (Å²) in [4.78, 5) is 22.4. The average Bonchev–Trinajstić information content (AvgIpc) is 2.23. The Morgan fingerprint density at radius 1 is 0.857 bits per heavy atom. The predicted molar refractivity (Wildman–Crippen MR) is 51.5 cm³/mol. The summed E-state index contributed by atoms with van der Waals surface area (Å²) in [5, 5.41) is 0. The summed E-state index contributed by atoms with van der Waals surface area (Å²) in [6, 6.07) is 0. The number of methoxy groups -OCH3 is 2. The summed E-state index contributed by atoms with van der Waals surface area (Å²) >= 11 is 0. The zero-order valence-electron chi connectivity index (χ0n) is 8.79. The van der Waals surface area contributed by atoms with Crippen LogP contribution in [0.15, 0.2) is 23.3 Å². The molecule has 4 nitrogen and oxygen atoms in total. The van der Waals surface area contributed by atoms with Crippen molar-refractivity contribution >= 4 is 11.9 Å². The average molecular weight is 198 g/mol. The lowest BCUT2D eigenvalue weighted by molar-refractivity contribution is -0.139. The second-order valence-corrected chi connectivity index (χ2v) is 2.39. The third kappa shape index (κ3) is 2.73. The highest BCUT2D eigenvalue weighted by molar-refractivity contribution is 6.06. The van der Waals surface area contributed by atoms with E-state index in [0.717, 1.165) is 0 Å². The van der Waals surface area contributed by atoms with Crippen molar-refractivity contribution in [2.24, 2.45) is 0 Å². The maximum Gasteiger partial charge on any atom is 0.338 e. The van der Waals surface area contributed by atoms with Crippen molar-refractivity contribution < 1.29 is 19.1 Å². The molecule has 0 aliphatic heterocycles. The fourth-order valence-corrected chi connectivity index (χ4v) is 0.987. The Hall–Kier alpha value is -1.58. The van der Waals surface area contributed by atoms with Gasteiger partial charge in [-0.15, -0.1) is 0 Å². The maximum atomic E-state index is 11.2. The van der Waals surface area contributed by atoms with Crippen LogP contribution in [0.1, 0.15) is 13.8 Å². The molecule has 14 heavy (non-hydrogen) atoms. The summed E-state index contributed by atoms with van der Waals surface area (Å²) in [7, 11) is 2.52. The normalized spacial score (nSPS) is 12.3. The van der Waals surface area contributed by atoms with Crippen LogP contribution in [0.3, 0.4) is 0 Å². The van der Waals surface area contributed by atoms with E-state index in [-0.39, 0.29) is 11.1 Å². The van der Waals surface area contributed by atoms with Crippen molar-refractivity contribution in [3.05, 3.63) is 23.3 Å². The quantitative estimate of drug-likeness (QED) is 0.389. The molecular weight excluding hydrogens is 184 g/mol. The Morgan fingerprint density at radius 3 is 1.29 bits per heavy atom. The minimum Gasteiger partial charge on any atom is -0.465 e. The molecule has 0 bridgehead atoms. The Labute approximate surface area is 83.2 Å². The van der Waals surface area contributed by atoms with Gasteiger partial charge in [-0.05, 0) is 13.8 Å². The van der Waals surface area contributed by atoms with Crippen LogP contribution in [0.2, 0.25) is 0 Å². The number of hydrogen-bond donors (Lipinski definition) is 0. The van der Waals surface area contributed by atoms with E-state index < -0.39 is 11.9 Å². The molecule has 0 spiro atoms. The lowest BCUT2D eigenvalue weighted by atomic mass is 10.1. The molecular formula is C10H14O4. The number of carbonyl (C=O) groups is 2. The zero-order valence-corrected chi connectivity index (χ0v) is 8.79. The van der Waals surface area contributed by atoms with Crippen molar-refractivity contribution in [1.29, 1.82) is 0 Å². The molecule has 0 saturated heterocycles. The first-order chi connectivity index (χ1) is 6.62. The van der Waals surface area contributed by atoms with Gasteiger partial charge in [-0.1, -0.05) is 12.2 Å². The SMILES string of the molecule is C/C=C(C(=O)OC)/C(=C\C)C(=O)OC. The largest absolute Gasteiger partial charge is 0.465 e. The van der Waals surface area contributed by atoms with Crippen LogP contribution < -0.4 is 0 Å². The molecule has 0 unspecified atom stereocenters. The molecule has 0 saturated carbocycles. The second kappa shape index (κ2) is 5.96. The van der Waals surface area contributed by atoms with E-state index in [0.29, 0.717) is 0 Å². The van der Waals surface area contributed by atoms with E-state index in [1.54, 1.807) is 13.8 Å². The molecule has 0 aromatic heterocycles. The van der Waals surface area contributed by atoms with Crippen LogP contribution in [0.5, 0.6) is 0 Å². The first-order valence-corrected chi connectivity index (χ1v) is 4.12. The Kier molecular flexibility index (Phi) is 5.29. The van der Waals surface area contributed by atoms with E-state index in [1.807, 2.05) is 0 Å². The summed E-state index contributed by atoms with van der Waals surface area (Å²) in [5.74, 6) is -1.10. The van der Waals surface area contributed by atoms with Gasteiger partial charge in [0.15, 0.2) is 0 Å². The maximum absolute atomic E-state index is 11.2. The van der Waals surface area contributed by atoms with Crippen molar-refractivity contribution in [3.63, 3.8) is 0 Å². The van der Waals surface area contributed by atoms with Crippen LogP contribution >= 0.6 is 0 Å². The van der Waals surface area contributed by atoms with Crippen molar-refractivity contribution in [2.75, 3.05) is 14.2 Å². The number of hydrogen-bond acceptors (Lipinski definition) is 4. The molecule has 0 fully saturated rings. The van der Waals surface area contributed by atoms with E-state index in [1.165, 1.54) is 26.4 Å². The Bertz CT molecular complexity index is 256. The molecule has 0 amide bonds. The highest BCUT2D eigenvalue weighted by atomic mass is 16.5. The number of allylic oxidation sites excluding steroid dienone is 2. The molecule has 0 atom stereocenters. The number of carbonyl (C=O) groups excluding carboxylic acids is 2. The van der Waals surface area contributed by atoms with Gasteiger partial charge >= 0.3 is 11.9 Å². The monoisotopic (exact) mass is 198 g/mol. The van der Waals surface area contributed by atoms with Gasteiger partial charge < -0.3 is 9.47 Å². The fraction of sp³-hybridized carbons (Fsp3) is 0.400. The number of rotatable bonds is 3. The number of esters is 2. The van der Waals surface area contributed by atoms with Crippen LogP contribution in [0.4, 0.5) is 0 Å². The van der Waals surface area contributed by atoms with Gasteiger partial charge in [0, 0.05) is 0 Å². The molecule has 0 N–H and O–H groups in total. The van der Waals surface area contributed by atoms with Crippen LogP contribution in [-0.2, 0) is 19.1 Å². The van der Waals surface area contributed by atoms with E-state index >= 15 is 0 Å². The van der Waals surface area contributed by atoms with Crippen LogP contribution in [0.25, 0.3) is 0 Å². The van der Waals surface area contributed by atoms with Crippen LogP contribution in [0, 0.1) is 0 Å². The zero-order chi connectivity index (χ0) is 11.1. The molecule has 0 aliphatic rings. The summed E-state index contributed by atoms with van der Waals surface area (Å²) in [6.45, 7) is 3.30. The van der Waals surface area contributed by atoms with E-state index in [2.05, 4.69) is 9.47 Å². The fourth-order valence-electron chi connectivity index (χ4n) is 0.987. The summed E-state index contributed by atoms with van der Waals surface area (Å²) in [5.41, 5.74) is 0.420. The number of ether oxygens (including phenoxy) is 2. The lowest BCUT2D eigenvalue weighted by Crippen LogP contribution is -2.14.